The molecule has 5 nitrogen and oxygen atoms in total. The summed E-state index contributed by atoms with van der Waals surface area (Å²) in [7, 11) is 0. The summed E-state index contributed by atoms with van der Waals surface area (Å²) in [6, 6.07) is 15.3. The van der Waals surface area contributed by atoms with Gasteiger partial charge in [-0.15, -0.1) is 0 Å². The zero-order valence-electron chi connectivity index (χ0n) is 17.9. The number of nitrogens with zero attached hydrogens (tertiary/aromatic N) is 2. The van der Waals surface area contributed by atoms with Crippen LogP contribution in [0.1, 0.15) is 12.5 Å². The molecule has 0 radical (unpaired) electrons. The first-order valence-corrected chi connectivity index (χ1v) is 12.4. The lowest BCUT2D eigenvalue weighted by molar-refractivity contribution is -0.115. The van der Waals surface area contributed by atoms with Gasteiger partial charge in [0.2, 0.25) is 5.91 Å². The Morgan fingerprint density at radius 3 is 2.41 bits per heavy atom. The number of aromatic nitrogens is 2. The molecule has 1 N–H and O–H groups in total. The van der Waals surface area contributed by atoms with Crippen molar-refractivity contribution in [2.24, 2.45) is 0 Å². The Bertz CT molecular complexity index is 1490. The van der Waals surface area contributed by atoms with E-state index in [1.54, 1.807) is 43.3 Å². The number of aryl methyl sites for hydroxylation is 1. The van der Waals surface area contributed by atoms with Crippen LogP contribution in [0.3, 0.4) is 0 Å². The molecule has 10 heteroatoms. The van der Waals surface area contributed by atoms with Crippen molar-refractivity contribution in [3.05, 3.63) is 90.6 Å². The number of anilines is 1. The predicted molar refractivity (Wildman–Crippen MR) is 143 cm³/mol. The zero-order chi connectivity index (χ0) is 24.6. The van der Waals surface area contributed by atoms with Crippen molar-refractivity contribution < 1.29 is 4.79 Å². The first-order chi connectivity index (χ1) is 16.2. The van der Waals surface area contributed by atoms with Crippen LogP contribution in [0.5, 0.6) is 0 Å². The third-order valence-corrected chi connectivity index (χ3v) is 7.57. The van der Waals surface area contributed by atoms with E-state index in [2.05, 4.69) is 10.3 Å². The molecular weight excluding hydrogens is 536 g/mol. The number of hydrogen-bond acceptors (Lipinski definition) is 4. The lowest BCUT2D eigenvalue weighted by atomic mass is 10.2. The van der Waals surface area contributed by atoms with Crippen molar-refractivity contribution in [3.63, 3.8) is 0 Å². The van der Waals surface area contributed by atoms with Gasteiger partial charge in [0.1, 0.15) is 0 Å². The van der Waals surface area contributed by atoms with Crippen molar-refractivity contribution in [2.75, 3.05) is 5.32 Å². The van der Waals surface area contributed by atoms with E-state index in [4.69, 9.17) is 46.4 Å². The predicted octanol–water partition coefficient (Wildman–Crippen LogP) is 7.43. The van der Waals surface area contributed by atoms with Gasteiger partial charge in [0.25, 0.3) is 5.56 Å². The highest BCUT2D eigenvalue weighted by atomic mass is 35.5. The first kappa shape index (κ1) is 24.9. The summed E-state index contributed by atoms with van der Waals surface area (Å²) >= 11 is 25.7. The molecule has 1 amide bonds. The van der Waals surface area contributed by atoms with Crippen LogP contribution in [0.2, 0.25) is 20.1 Å². The topological polar surface area (TPSA) is 64.0 Å². The van der Waals surface area contributed by atoms with Crippen LogP contribution < -0.4 is 10.9 Å². The molecule has 0 aliphatic heterocycles. The Morgan fingerprint density at radius 2 is 1.68 bits per heavy atom. The maximum absolute atomic E-state index is 13.4. The molecule has 4 aromatic rings. The number of carbonyl (C=O) groups is 1. The van der Waals surface area contributed by atoms with Gasteiger partial charge in [0.05, 0.1) is 42.6 Å². The Hall–Kier alpha value is -2.22. The second-order valence-electron chi connectivity index (χ2n) is 7.48. The molecular formula is C24H17Cl4N3O2S. The van der Waals surface area contributed by atoms with Crippen LogP contribution in [0.25, 0.3) is 16.6 Å². The minimum atomic E-state index is -0.634. The van der Waals surface area contributed by atoms with E-state index in [-0.39, 0.29) is 26.5 Å². The van der Waals surface area contributed by atoms with Crippen LogP contribution in [-0.4, -0.2) is 20.7 Å². The highest BCUT2D eigenvalue weighted by Crippen LogP contribution is 2.33. The molecule has 0 aliphatic carbocycles. The van der Waals surface area contributed by atoms with Crippen LogP contribution in [0, 0.1) is 6.92 Å². The van der Waals surface area contributed by atoms with E-state index in [0.29, 0.717) is 32.5 Å². The summed E-state index contributed by atoms with van der Waals surface area (Å²) in [6.45, 7) is 3.59. The standard InChI is InChI=1S/C24H17Cl4N3O2S/c1-12-7-8-14(9-16(12)25)31-23(33)15-5-3-4-6-20(15)30-24(31)34-13(2)22(32)29-21-11-18(27)17(26)10-19(21)28/h3-11,13H,1-2H3,(H,29,32). The fourth-order valence-corrected chi connectivity index (χ4v) is 4.90. The van der Waals surface area contributed by atoms with E-state index in [1.807, 2.05) is 13.0 Å². The summed E-state index contributed by atoms with van der Waals surface area (Å²) in [6.07, 6.45) is 0. The van der Waals surface area contributed by atoms with Gasteiger partial charge in [-0.3, -0.25) is 14.2 Å². The summed E-state index contributed by atoms with van der Waals surface area (Å²) < 4.78 is 1.47. The van der Waals surface area contributed by atoms with E-state index >= 15 is 0 Å². The number of nitrogens with one attached hydrogen (secondary N) is 1. The Kier molecular flexibility index (Phi) is 7.45. The van der Waals surface area contributed by atoms with Crippen LogP contribution in [-0.2, 0) is 4.79 Å². The number of thioether (sulfide) groups is 1. The molecule has 34 heavy (non-hydrogen) atoms. The second-order valence-corrected chi connectivity index (χ2v) is 10.4. The third-order valence-electron chi connectivity index (χ3n) is 5.08. The van der Waals surface area contributed by atoms with Crippen LogP contribution in [0.4, 0.5) is 5.69 Å². The Morgan fingerprint density at radius 1 is 0.971 bits per heavy atom. The van der Waals surface area contributed by atoms with E-state index < -0.39 is 5.25 Å². The van der Waals surface area contributed by atoms with E-state index in [9.17, 15) is 9.59 Å². The number of para-hydroxylation sites is 1. The van der Waals surface area contributed by atoms with E-state index in [0.717, 1.165) is 17.3 Å². The van der Waals surface area contributed by atoms with Gasteiger partial charge in [-0.05, 0) is 55.8 Å². The van der Waals surface area contributed by atoms with Gasteiger partial charge in [-0.1, -0.05) is 76.4 Å². The molecule has 0 bridgehead atoms. The van der Waals surface area contributed by atoms with Crippen molar-refractivity contribution in [2.45, 2.75) is 24.3 Å². The highest BCUT2D eigenvalue weighted by molar-refractivity contribution is 8.00. The first-order valence-electron chi connectivity index (χ1n) is 10.1. The molecule has 0 saturated heterocycles. The molecule has 3 aromatic carbocycles. The molecule has 1 atom stereocenters. The summed E-state index contributed by atoms with van der Waals surface area (Å²) in [5, 5.41) is 4.27. The SMILES string of the molecule is Cc1ccc(-n2c(SC(C)C(=O)Nc3cc(Cl)c(Cl)cc3Cl)nc3ccccc3c2=O)cc1Cl. The molecule has 4 rings (SSSR count). The van der Waals surface area contributed by atoms with Gasteiger partial charge in [0, 0.05) is 5.02 Å². The second kappa shape index (κ2) is 10.2. The fourth-order valence-electron chi connectivity index (χ4n) is 3.20. The molecule has 174 valence electrons. The maximum atomic E-state index is 13.4. The number of rotatable bonds is 5. The minimum absolute atomic E-state index is 0.256. The van der Waals surface area contributed by atoms with Gasteiger partial charge in [0.15, 0.2) is 5.16 Å². The van der Waals surface area contributed by atoms with Gasteiger partial charge in [-0.2, -0.15) is 0 Å². The Balaban J connectivity index is 1.73. The molecule has 1 heterocycles. The third kappa shape index (κ3) is 5.07. The molecule has 0 spiro atoms. The smallest absolute Gasteiger partial charge is 0.266 e. The average Bonchev–Trinajstić information content (AvgIpc) is 2.79. The minimum Gasteiger partial charge on any atom is -0.324 e. The number of amides is 1. The highest BCUT2D eigenvalue weighted by Gasteiger charge is 2.22. The van der Waals surface area contributed by atoms with Gasteiger partial charge < -0.3 is 5.32 Å². The number of fused-ring (bicyclic) bond motifs is 1. The molecule has 1 aromatic heterocycles. The maximum Gasteiger partial charge on any atom is 0.266 e. The summed E-state index contributed by atoms with van der Waals surface area (Å²) in [5.74, 6) is -0.346. The quantitative estimate of drug-likeness (QED) is 0.159. The van der Waals surface area contributed by atoms with Crippen LogP contribution in [0.15, 0.2) is 64.5 Å². The van der Waals surface area contributed by atoms with Crippen LogP contribution >= 0.6 is 58.2 Å². The molecule has 0 saturated carbocycles. The number of hydrogen-bond donors (Lipinski definition) is 1. The van der Waals surface area contributed by atoms with Gasteiger partial charge >= 0.3 is 0 Å². The summed E-state index contributed by atoms with van der Waals surface area (Å²) in [4.78, 5) is 31.1. The average molecular weight is 553 g/mol. The lowest BCUT2D eigenvalue weighted by Crippen LogP contribution is -2.26. The Labute approximate surface area is 220 Å². The molecule has 0 aliphatic rings. The summed E-state index contributed by atoms with van der Waals surface area (Å²) in [5.41, 5.74) is 2.05. The van der Waals surface area contributed by atoms with Crippen molar-refractivity contribution in [1.82, 2.24) is 9.55 Å². The van der Waals surface area contributed by atoms with Gasteiger partial charge in [-0.25, -0.2) is 4.98 Å². The largest absolute Gasteiger partial charge is 0.324 e. The molecule has 0 fully saturated rings. The van der Waals surface area contributed by atoms with Crippen molar-refractivity contribution >= 4 is 80.7 Å². The molecule has 1 unspecified atom stereocenters. The fraction of sp³-hybridized carbons (Fsp3) is 0.125. The number of benzene rings is 3. The van der Waals surface area contributed by atoms with Crippen molar-refractivity contribution in [3.8, 4) is 5.69 Å². The monoisotopic (exact) mass is 551 g/mol. The van der Waals surface area contributed by atoms with E-state index in [1.165, 1.54) is 16.7 Å². The number of halogens is 4. The van der Waals surface area contributed by atoms with Crippen molar-refractivity contribution in [1.29, 1.82) is 0 Å². The normalized spacial score (nSPS) is 12.1. The lowest BCUT2D eigenvalue weighted by Gasteiger charge is -2.17. The number of carbonyl (C=O) groups excluding carboxylic acids is 1. The zero-order valence-corrected chi connectivity index (χ0v) is 21.7.